The Balaban J connectivity index is 1.96. The number of hydrogen-bond donors (Lipinski definition) is 2. The van der Waals surface area contributed by atoms with Crippen LogP contribution >= 0.6 is 0 Å². The molecule has 1 atom stereocenters. The summed E-state index contributed by atoms with van der Waals surface area (Å²) in [5.74, 6) is -2.75. The summed E-state index contributed by atoms with van der Waals surface area (Å²) in [5, 5.41) is 2.17. The molecule has 3 aromatic carbocycles. The lowest BCUT2D eigenvalue weighted by molar-refractivity contribution is -0.117. The lowest BCUT2D eigenvalue weighted by Gasteiger charge is -2.20. The van der Waals surface area contributed by atoms with Gasteiger partial charge in [-0.1, -0.05) is 42.5 Å². The first-order valence-corrected chi connectivity index (χ1v) is 11.2. The number of rotatable bonds is 8. The molecule has 6 nitrogen and oxygen atoms in total. The number of hydrogen-bond acceptors (Lipinski definition) is 4. The first-order valence-electron chi connectivity index (χ1n) is 9.67. The number of aryl methyl sites for hydroxylation is 1. The third-order valence-corrected chi connectivity index (χ3v) is 6.21. The van der Waals surface area contributed by atoms with Gasteiger partial charge >= 0.3 is 0 Å². The van der Waals surface area contributed by atoms with Crippen LogP contribution in [0.15, 0.2) is 71.6 Å². The minimum absolute atomic E-state index is 0.0455. The van der Waals surface area contributed by atoms with Crippen molar-refractivity contribution < 1.29 is 26.7 Å². The molecule has 168 valence electrons. The van der Waals surface area contributed by atoms with Crippen molar-refractivity contribution in [1.82, 2.24) is 4.72 Å². The molecule has 3 rings (SSSR count). The van der Waals surface area contributed by atoms with Gasteiger partial charge in [0.25, 0.3) is 0 Å². The zero-order valence-corrected chi connectivity index (χ0v) is 18.2. The Morgan fingerprint density at radius 3 is 2.28 bits per heavy atom. The van der Waals surface area contributed by atoms with E-state index in [4.69, 9.17) is 4.74 Å². The highest BCUT2D eigenvalue weighted by molar-refractivity contribution is 7.89. The van der Waals surface area contributed by atoms with E-state index in [-0.39, 0.29) is 17.1 Å². The Bertz CT molecular complexity index is 1200. The number of methoxy groups -OCH3 is 1. The SMILES string of the molecule is COc1ccc(C)cc1S(=O)(=O)N[C@H](Cc1ccccc1)C(=O)Nc1c(F)cccc1F. The van der Waals surface area contributed by atoms with Gasteiger partial charge in [0.15, 0.2) is 0 Å². The molecule has 0 radical (unpaired) electrons. The van der Waals surface area contributed by atoms with Crippen LogP contribution < -0.4 is 14.8 Å². The molecular formula is C23H22F2N2O4S. The Hall–Kier alpha value is -3.30. The van der Waals surface area contributed by atoms with Crippen molar-refractivity contribution in [1.29, 1.82) is 0 Å². The van der Waals surface area contributed by atoms with E-state index in [0.29, 0.717) is 11.1 Å². The predicted molar refractivity (Wildman–Crippen MR) is 117 cm³/mol. The largest absolute Gasteiger partial charge is 0.495 e. The van der Waals surface area contributed by atoms with E-state index in [1.807, 2.05) is 0 Å². The summed E-state index contributed by atoms with van der Waals surface area (Å²) in [6.45, 7) is 1.72. The quantitative estimate of drug-likeness (QED) is 0.536. The molecule has 0 spiro atoms. The summed E-state index contributed by atoms with van der Waals surface area (Å²) < 4.78 is 61.9. The molecule has 2 N–H and O–H groups in total. The van der Waals surface area contributed by atoms with Gasteiger partial charge in [0.1, 0.15) is 34.0 Å². The van der Waals surface area contributed by atoms with Crippen LogP contribution in [0.3, 0.4) is 0 Å². The van der Waals surface area contributed by atoms with Crippen LogP contribution in [0.5, 0.6) is 5.75 Å². The molecule has 0 aliphatic heterocycles. The highest BCUT2D eigenvalue weighted by atomic mass is 32.2. The first kappa shape index (κ1) is 23.4. The Morgan fingerprint density at radius 1 is 1.00 bits per heavy atom. The lowest BCUT2D eigenvalue weighted by atomic mass is 10.1. The van der Waals surface area contributed by atoms with Gasteiger partial charge in [-0.15, -0.1) is 0 Å². The predicted octanol–water partition coefficient (Wildman–Crippen LogP) is 3.81. The fourth-order valence-corrected chi connectivity index (χ4v) is 4.56. The molecule has 32 heavy (non-hydrogen) atoms. The molecule has 0 saturated carbocycles. The average molecular weight is 461 g/mol. The fraction of sp³-hybridized carbons (Fsp3) is 0.174. The minimum atomic E-state index is -4.23. The number of ether oxygens (including phenoxy) is 1. The molecule has 3 aromatic rings. The third-order valence-electron chi connectivity index (χ3n) is 4.72. The molecule has 0 saturated heterocycles. The molecular weight excluding hydrogens is 438 g/mol. The second-order valence-corrected chi connectivity index (χ2v) is 8.79. The van der Waals surface area contributed by atoms with Crippen molar-refractivity contribution in [2.24, 2.45) is 0 Å². The highest BCUT2D eigenvalue weighted by Gasteiger charge is 2.29. The van der Waals surface area contributed by atoms with Crippen molar-refractivity contribution in [3.8, 4) is 5.75 Å². The Kier molecular flexibility index (Phi) is 7.22. The van der Waals surface area contributed by atoms with Gasteiger partial charge in [-0.2, -0.15) is 4.72 Å². The van der Waals surface area contributed by atoms with Crippen molar-refractivity contribution in [3.63, 3.8) is 0 Å². The molecule has 0 aliphatic carbocycles. The normalized spacial score (nSPS) is 12.2. The number of amides is 1. The number of carbonyl (C=O) groups is 1. The number of halogens is 2. The van der Waals surface area contributed by atoms with Crippen molar-refractivity contribution in [2.45, 2.75) is 24.3 Å². The first-order chi connectivity index (χ1) is 15.2. The van der Waals surface area contributed by atoms with Crippen LogP contribution in [0.2, 0.25) is 0 Å². The number of sulfonamides is 1. The second kappa shape index (κ2) is 9.88. The summed E-state index contributed by atoms with van der Waals surface area (Å²) in [6, 6.07) is 15.1. The van der Waals surface area contributed by atoms with E-state index in [9.17, 15) is 22.0 Å². The monoisotopic (exact) mass is 460 g/mol. The smallest absolute Gasteiger partial charge is 0.245 e. The number of carbonyl (C=O) groups excluding carboxylic acids is 1. The molecule has 9 heteroatoms. The van der Waals surface area contributed by atoms with E-state index in [1.165, 1.54) is 19.2 Å². The third kappa shape index (κ3) is 5.49. The second-order valence-electron chi connectivity index (χ2n) is 7.10. The maximum atomic E-state index is 14.0. The Morgan fingerprint density at radius 2 is 1.66 bits per heavy atom. The maximum absolute atomic E-state index is 14.0. The van der Waals surface area contributed by atoms with Gasteiger partial charge in [-0.05, 0) is 48.7 Å². The van der Waals surface area contributed by atoms with Gasteiger partial charge < -0.3 is 10.1 Å². The van der Waals surface area contributed by atoms with E-state index in [1.54, 1.807) is 43.3 Å². The van der Waals surface area contributed by atoms with Crippen LogP contribution in [0, 0.1) is 18.6 Å². The van der Waals surface area contributed by atoms with E-state index in [2.05, 4.69) is 10.0 Å². The molecule has 0 aromatic heterocycles. The van der Waals surface area contributed by atoms with Crippen molar-refractivity contribution >= 4 is 21.6 Å². The highest BCUT2D eigenvalue weighted by Crippen LogP contribution is 2.25. The van der Waals surface area contributed by atoms with Gasteiger partial charge in [-0.25, -0.2) is 17.2 Å². The molecule has 1 amide bonds. The lowest BCUT2D eigenvalue weighted by Crippen LogP contribution is -2.45. The van der Waals surface area contributed by atoms with E-state index < -0.39 is 39.3 Å². The van der Waals surface area contributed by atoms with Crippen LogP contribution in [0.4, 0.5) is 14.5 Å². The number of nitrogens with one attached hydrogen (secondary N) is 2. The van der Waals surface area contributed by atoms with E-state index >= 15 is 0 Å². The zero-order chi connectivity index (χ0) is 23.3. The van der Waals surface area contributed by atoms with Crippen LogP contribution in [0.1, 0.15) is 11.1 Å². The molecule has 0 aliphatic rings. The molecule has 0 bridgehead atoms. The standard InChI is InChI=1S/C23H22F2N2O4S/c1-15-11-12-20(31-2)21(13-15)32(29,30)27-19(14-16-7-4-3-5-8-16)23(28)26-22-17(24)9-6-10-18(22)25/h3-13,19,27H,14H2,1-2H3,(H,26,28)/t19-/m1/s1. The van der Waals surface area contributed by atoms with Crippen LogP contribution in [-0.2, 0) is 21.2 Å². The summed E-state index contributed by atoms with van der Waals surface area (Å²) in [4.78, 5) is 12.8. The van der Waals surface area contributed by atoms with Crippen molar-refractivity contribution in [3.05, 3.63) is 89.5 Å². The number of para-hydroxylation sites is 1. The van der Waals surface area contributed by atoms with E-state index in [0.717, 1.165) is 18.2 Å². The summed E-state index contributed by atoms with van der Waals surface area (Å²) in [6.07, 6.45) is -0.0455. The summed E-state index contributed by atoms with van der Waals surface area (Å²) in [7, 11) is -2.89. The minimum Gasteiger partial charge on any atom is -0.495 e. The number of benzene rings is 3. The molecule has 0 heterocycles. The topological polar surface area (TPSA) is 84.5 Å². The van der Waals surface area contributed by atoms with Gasteiger partial charge in [0, 0.05) is 0 Å². The van der Waals surface area contributed by atoms with Gasteiger partial charge in [0.2, 0.25) is 15.9 Å². The number of anilines is 1. The maximum Gasteiger partial charge on any atom is 0.245 e. The van der Waals surface area contributed by atoms with Crippen LogP contribution in [0.25, 0.3) is 0 Å². The zero-order valence-electron chi connectivity index (χ0n) is 17.4. The summed E-state index contributed by atoms with van der Waals surface area (Å²) >= 11 is 0. The molecule has 0 unspecified atom stereocenters. The average Bonchev–Trinajstić information content (AvgIpc) is 2.76. The summed E-state index contributed by atoms with van der Waals surface area (Å²) in [5.41, 5.74) is 0.673. The van der Waals surface area contributed by atoms with Crippen molar-refractivity contribution in [2.75, 3.05) is 12.4 Å². The Labute approximate surface area is 185 Å². The molecule has 0 fully saturated rings. The fourth-order valence-electron chi connectivity index (χ4n) is 3.11. The van der Waals surface area contributed by atoms with Crippen LogP contribution in [-0.4, -0.2) is 27.5 Å². The van der Waals surface area contributed by atoms with Gasteiger partial charge in [-0.3, -0.25) is 4.79 Å². The van der Waals surface area contributed by atoms with Gasteiger partial charge in [0.05, 0.1) is 7.11 Å².